The highest BCUT2D eigenvalue weighted by Crippen LogP contribution is 2.47. The first-order valence-electron chi connectivity index (χ1n) is 12.4. The zero-order valence-electron chi connectivity index (χ0n) is 20.7. The second-order valence-corrected chi connectivity index (χ2v) is 11.5. The van der Waals surface area contributed by atoms with Gasteiger partial charge in [-0.1, -0.05) is 37.3 Å². The summed E-state index contributed by atoms with van der Waals surface area (Å²) in [6.07, 6.45) is -2.47. The van der Waals surface area contributed by atoms with Gasteiger partial charge in [0.25, 0.3) is 5.91 Å². The lowest BCUT2D eigenvalue weighted by Crippen LogP contribution is -2.35. The van der Waals surface area contributed by atoms with Crippen LogP contribution in [0.4, 0.5) is 24.0 Å². The van der Waals surface area contributed by atoms with Gasteiger partial charge in [-0.05, 0) is 59.2 Å². The summed E-state index contributed by atoms with van der Waals surface area (Å²) in [5.41, 5.74) is 1.69. The minimum absolute atomic E-state index is 0.0718. The van der Waals surface area contributed by atoms with E-state index in [2.05, 4.69) is 38.6 Å². The molecule has 5 rings (SSSR count). The van der Waals surface area contributed by atoms with Crippen LogP contribution in [0.2, 0.25) is 0 Å². The second kappa shape index (κ2) is 10.4. The Labute approximate surface area is 229 Å². The molecule has 0 radical (unpaired) electrons. The fourth-order valence-electron chi connectivity index (χ4n) is 5.06. The van der Waals surface area contributed by atoms with Crippen molar-refractivity contribution in [3.05, 3.63) is 62.1 Å². The van der Waals surface area contributed by atoms with Crippen molar-refractivity contribution < 1.29 is 27.5 Å². The number of nitrogens with one attached hydrogen (secondary N) is 2. The number of hydrogen-bond donors (Lipinski definition) is 2. The van der Waals surface area contributed by atoms with Crippen LogP contribution in [-0.2, 0) is 17.6 Å². The zero-order valence-corrected chi connectivity index (χ0v) is 23.1. The van der Waals surface area contributed by atoms with Gasteiger partial charge in [-0.15, -0.1) is 11.3 Å². The van der Waals surface area contributed by atoms with Crippen LogP contribution < -0.4 is 10.6 Å². The van der Waals surface area contributed by atoms with Crippen LogP contribution in [0.1, 0.15) is 75.6 Å². The number of nitrogens with zero attached hydrogens (tertiary/aromatic N) is 2. The summed E-state index contributed by atoms with van der Waals surface area (Å²) in [5.74, 6) is -0.725. The lowest BCUT2D eigenvalue weighted by molar-refractivity contribution is -0.173. The number of amides is 1. The maximum absolute atomic E-state index is 14.1. The van der Waals surface area contributed by atoms with Gasteiger partial charge in [0.1, 0.15) is 10.8 Å². The third-order valence-corrected chi connectivity index (χ3v) is 8.85. The first kappa shape index (κ1) is 26.7. The minimum atomic E-state index is -4.58. The third kappa shape index (κ3) is 4.95. The van der Waals surface area contributed by atoms with Crippen LogP contribution in [0.3, 0.4) is 0 Å². The average Bonchev–Trinajstić information content (AvgIpc) is 3.40. The summed E-state index contributed by atoms with van der Waals surface area (Å²) in [5, 5.41) is 10.3. The molecule has 202 valence electrons. The van der Waals surface area contributed by atoms with Gasteiger partial charge in [0.05, 0.1) is 22.7 Å². The molecule has 3 atom stereocenters. The Bertz CT molecular complexity index is 1370. The molecule has 1 aromatic carbocycles. The number of carbonyl (C=O) groups is 2. The van der Waals surface area contributed by atoms with E-state index in [1.54, 1.807) is 37.3 Å². The number of aromatic nitrogens is 2. The molecule has 12 heteroatoms. The van der Waals surface area contributed by atoms with E-state index in [1.165, 1.54) is 11.3 Å². The summed E-state index contributed by atoms with van der Waals surface area (Å²) in [7, 11) is 0. The van der Waals surface area contributed by atoms with E-state index in [0.717, 1.165) is 28.0 Å². The lowest BCUT2D eigenvalue weighted by Gasteiger charge is -2.33. The number of esters is 1. The van der Waals surface area contributed by atoms with Gasteiger partial charge in [0.2, 0.25) is 0 Å². The van der Waals surface area contributed by atoms with Crippen LogP contribution >= 0.6 is 27.3 Å². The molecule has 3 heterocycles. The molecule has 1 aliphatic heterocycles. The quantitative estimate of drug-likeness (QED) is 0.306. The maximum atomic E-state index is 14.1. The Morgan fingerprint density at radius 1 is 1.29 bits per heavy atom. The number of thiophene rings is 1. The molecule has 2 aliphatic rings. The van der Waals surface area contributed by atoms with E-state index in [1.807, 2.05) is 0 Å². The number of ether oxygens (including phenoxy) is 1. The summed E-state index contributed by atoms with van der Waals surface area (Å²) in [4.78, 5) is 27.2. The third-order valence-electron chi connectivity index (χ3n) is 6.93. The van der Waals surface area contributed by atoms with E-state index >= 15 is 0 Å². The highest BCUT2D eigenvalue weighted by molar-refractivity contribution is 9.10. The number of hydrogen-bond acceptors (Lipinski definition) is 6. The van der Waals surface area contributed by atoms with Crippen LogP contribution in [0.25, 0.3) is 0 Å². The normalized spacial score (nSPS) is 20.7. The van der Waals surface area contributed by atoms with Crippen LogP contribution in [0.15, 0.2) is 34.8 Å². The fourth-order valence-corrected chi connectivity index (χ4v) is 7.01. The number of benzene rings is 1. The molecule has 1 aliphatic carbocycles. The van der Waals surface area contributed by atoms with Crippen LogP contribution in [-0.4, -0.2) is 34.4 Å². The highest BCUT2D eigenvalue weighted by Gasteiger charge is 2.48. The molecule has 0 saturated carbocycles. The predicted octanol–water partition coefficient (Wildman–Crippen LogP) is 6.92. The van der Waals surface area contributed by atoms with Gasteiger partial charge in [-0.2, -0.15) is 18.3 Å². The topological polar surface area (TPSA) is 85.2 Å². The average molecular weight is 611 g/mol. The Balaban J connectivity index is 1.50. The molecule has 0 spiro atoms. The van der Waals surface area contributed by atoms with Crippen LogP contribution in [0, 0.1) is 5.92 Å². The van der Waals surface area contributed by atoms with Gasteiger partial charge in [-0.25, -0.2) is 9.48 Å². The van der Waals surface area contributed by atoms with Gasteiger partial charge in [0, 0.05) is 11.3 Å². The molecule has 1 amide bonds. The van der Waals surface area contributed by atoms with Crippen molar-refractivity contribution in [1.29, 1.82) is 0 Å². The molecule has 0 saturated heterocycles. The molecular formula is C26H26BrF3N4O3S. The predicted molar refractivity (Wildman–Crippen MR) is 142 cm³/mol. The van der Waals surface area contributed by atoms with Crippen molar-refractivity contribution in [2.45, 2.75) is 57.8 Å². The van der Waals surface area contributed by atoms with Crippen molar-refractivity contribution in [3.63, 3.8) is 0 Å². The molecule has 0 fully saturated rings. The van der Waals surface area contributed by atoms with E-state index in [4.69, 9.17) is 4.74 Å². The fraction of sp³-hybridized carbons (Fsp3) is 0.423. The van der Waals surface area contributed by atoms with Gasteiger partial charge in [0.15, 0.2) is 11.7 Å². The standard InChI is InChI=1S/C26H26BrF3N4O3S/c1-3-37-25(36)19-15-10-9-13(2)11-17(15)38-24(19)32-23(35)21-20(27)22-31-16(14-7-5-4-6-8-14)12-18(26(28,29)30)34(22)33-21/h4-8,13,16,18,31H,3,9-12H2,1-2H3,(H,32,35)/t13-,16-,18+/m0/s1. The van der Waals surface area contributed by atoms with Crippen molar-refractivity contribution in [2.24, 2.45) is 5.92 Å². The van der Waals surface area contributed by atoms with Gasteiger partial charge >= 0.3 is 12.1 Å². The number of rotatable bonds is 5. The highest BCUT2D eigenvalue weighted by atomic mass is 79.9. The first-order chi connectivity index (χ1) is 18.1. The monoisotopic (exact) mass is 610 g/mol. The molecule has 2 N–H and O–H groups in total. The number of alkyl halides is 3. The van der Waals surface area contributed by atoms with E-state index in [-0.39, 0.29) is 29.0 Å². The molecule has 3 aromatic rings. The largest absolute Gasteiger partial charge is 0.462 e. The zero-order chi connectivity index (χ0) is 27.2. The minimum Gasteiger partial charge on any atom is -0.462 e. The number of carbonyl (C=O) groups excluding carboxylic acids is 2. The maximum Gasteiger partial charge on any atom is 0.410 e. The Hall–Kier alpha value is -2.86. The summed E-state index contributed by atoms with van der Waals surface area (Å²) in [6, 6.07) is 6.30. The Kier molecular flexibility index (Phi) is 7.29. The van der Waals surface area contributed by atoms with Crippen molar-refractivity contribution >= 4 is 50.0 Å². The molecule has 0 unspecified atom stereocenters. The van der Waals surface area contributed by atoms with Crippen molar-refractivity contribution in [3.8, 4) is 0 Å². The van der Waals surface area contributed by atoms with E-state index in [9.17, 15) is 22.8 Å². The molecule has 0 bridgehead atoms. The van der Waals surface area contributed by atoms with Crippen LogP contribution in [0.5, 0.6) is 0 Å². The molecule has 7 nitrogen and oxygen atoms in total. The summed E-state index contributed by atoms with van der Waals surface area (Å²) >= 11 is 4.63. The first-order valence-corrected chi connectivity index (χ1v) is 14.0. The second-order valence-electron chi connectivity index (χ2n) is 9.59. The molecule has 38 heavy (non-hydrogen) atoms. The molecular weight excluding hydrogens is 585 g/mol. The Morgan fingerprint density at radius 3 is 2.71 bits per heavy atom. The number of halogens is 4. The summed E-state index contributed by atoms with van der Waals surface area (Å²) in [6.45, 7) is 4.01. The van der Waals surface area contributed by atoms with Crippen molar-refractivity contribution in [1.82, 2.24) is 9.78 Å². The number of fused-ring (bicyclic) bond motifs is 2. The smallest absolute Gasteiger partial charge is 0.410 e. The Morgan fingerprint density at radius 2 is 2.03 bits per heavy atom. The van der Waals surface area contributed by atoms with E-state index in [0.29, 0.717) is 28.5 Å². The van der Waals surface area contributed by atoms with Crippen molar-refractivity contribution in [2.75, 3.05) is 17.2 Å². The van der Waals surface area contributed by atoms with E-state index < -0.39 is 30.1 Å². The van der Waals surface area contributed by atoms with Gasteiger partial charge in [-0.3, -0.25) is 4.79 Å². The molecule has 2 aromatic heterocycles. The SMILES string of the molecule is CCOC(=O)c1c(NC(=O)c2nn3c(c2Br)N[C@H](c2ccccc2)C[C@@H]3C(F)(F)F)sc2c1CC[C@H](C)C2. The summed E-state index contributed by atoms with van der Waals surface area (Å²) < 4.78 is 48.6. The lowest BCUT2D eigenvalue weighted by atomic mass is 9.88. The number of anilines is 2. The van der Waals surface area contributed by atoms with Gasteiger partial charge < -0.3 is 15.4 Å².